The SMILES string of the molecule is CC1(C(=O)NCCc2ccc(C(=O)O)cc2)CCCN1C(=O)c1ccccc1. The molecule has 6 heteroatoms. The molecule has 2 amide bonds. The summed E-state index contributed by atoms with van der Waals surface area (Å²) in [7, 11) is 0. The monoisotopic (exact) mass is 380 g/mol. The van der Waals surface area contributed by atoms with Crippen molar-refractivity contribution in [2.75, 3.05) is 13.1 Å². The standard InChI is InChI=1S/C22H24N2O4/c1-22(13-5-15-24(22)19(25)17-6-3-2-4-7-17)21(28)23-14-12-16-8-10-18(11-9-16)20(26)27/h2-4,6-11H,5,12-15H2,1H3,(H,23,28)(H,26,27). The zero-order valence-electron chi connectivity index (χ0n) is 15.9. The fourth-order valence-corrected chi connectivity index (χ4v) is 3.59. The Kier molecular flexibility index (Phi) is 5.78. The molecular weight excluding hydrogens is 356 g/mol. The third-order valence-corrected chi connectivity index (χ3v) is 5.30. The highest BCUT2D eigenvalue weighted by molar-refractivity contribution is 5.99. The van der Waals surface area contributed by atoms with E-state index in [0.29, 0.717) is 31.5 Å². The Labute approximate surface area is 164 Å². The van der Waals surface area contributed by atoms with Gasteiger partial charge in [0.1, 0.15) is 5.54 Å². The van der Waals surface area contributed by atoms with Crippen molar-refractivity contribution in [2.45, 2.75) is 31.7 Å². The van der Waals surface area contributed by atoms with Crippen LogP contribution in [0.3, 0.4) is 0 Å². The molecule has 1 fully saturated rings. The second-order valence-corrected chi connectivity index (χ2v) is 7.21. The van der Waals surface area contributed by atoms with Gasteiger partial charge in [0.05, 0.1) is 5.56 Å². The molecule has 1 aliphatic rings. The minimum Gasteiger partial charge on any atom is -0.478 e. The Hall–Kier alpha value is -3.15. The normalized spacial score (nSPS) is 18.7. The number of carboxylic acids is 1. The number of carbonyl (C=O) groups is 3. The minimum atomic E-state index is -0.961. The fourth-order valence-electron chi connectivity index (χ4n) is 3.59. The molecule has 28 heavy (non-hydrogen) atoms. The molecule has 0 radical (unpaired) electrons. The van der Waals surface area contributed by atoms with Gasteiger partial charge in [0.25, 0.3) is 5.91 Å². The summed E-state index contributed by atoms with van der Waals surface area (Å²) in [5.41, 5.74) is 0.905. The van der Waals surface area contributed by atoms with Gasteiger partial charge in [-0.25, -0.2) is 4.79 Å². The molecule has 0 bridgehead atoms. The van der Waals surface area contributed by atoms with Crippen molar-refractivity contribution in [3.05, 3.63) is 71.3 Å². The van der Waals surface area contributed by atoms with E-state index in [1.807, 2.05) is 25.1 Å². The van der Waals surface area contributed by atoms with E-state index in [1.165, 1.54) is 0 Å². The number of hydrogen-bond donors (Lipinski definition) is 2. The molecule has 1 heterocycles. The number of nitrogens with zero attached hydrogens (tertiary/aromatic N) is 1. The van der Waals surface area contributed by atoms with Gasteiger partial charge in [-0.3, -0.25) is 9.59 Å². The third-order valence-electron chi connectivity index (χ3n) is 5.30. The Morgan fingerprint density at radius 3 is 2.36 bits per heavy atom. The second kappa shape index (κ2) is 8.25. The predicted octanol–water partition coefficient (Wildman–Crippen LogP) is 2.74. The Morgan fingerprint density at radius 2 is 1.71 bits per heavy atom. The first-order valence-corrected chi connectivity index (χ1v) is 9.39. The van der Waals surface area contributed by atoms with Gasteiger partial charge in [-0.2, -0.15) is 0 Å². The molecule has 2 N–H and O–H groups in total. The van der Waals surface area contributed by atoms with Gasteiger partial charge in [0.2, 0.25) is 5.91 Å². The number of hydrogen-bond acceptors (Lipinski definition) is 3. The summed E-state index contributed by atoms with van der Waals surface area (Å²) in [6, 6.07) is 15.6. The van der Waals surface area contributed by atoms with Crippen LogP contribution in [0.2, 0.25) is 0 Å². The number of nitrogens with one attached hydrogen (secondary N) is 1. The van der Waals surface area contributed by atoms with Crippen LogP contribution in [0.25, 0.3) is 0 Å². The maximum Gasteiger partial charge on any atom is 0.335 e. The van der Waals surface area contributed by atoms with E-state index in [-0.39, 0.29) is 17.4 Å². The van der Waals surface area contributed by atoms with Gasteiger partial charge in [-0.05, 0) is 56.0 Å². The molecule has 2 aromatic rings. The molecule has 1 atom stereocenters. The van der Waals surface area contributed by atoms with Gasteiger partial charge in [0, 0.05) is 18.7 Å². The highest BCUT2D eigenvalue weighted by atomic mass is 16.4. The summed E-state index contributed by atoms with van der Waals surface area (Å²) in [5, 5.41) is 11.9. The first-order chi connectivity index (χ1) is 13.4. The van der Waals surface area contributed by atoms with Crippen molar-refractivity contribution in [1.82, 2.24) is 10.2 Å². The van der Waals surface area contributed by atoms with Crippen LogP contribution in [-0.2, 0) is 11.2 Å². The summed E-state index contributed by atoms with van der Waals surface area (Å²) in [6.07, 6.45) is 2.01. The van der Waals surface area contributed by atoms with Gasteiger partial charge in [-0.15, -0.1) is 0 Å². The lowest BCUT2D eigenvalue weighted by atomic mass is 9.96. The van der Waals surface area contributed by atoms with Crippen LogP contribution in [0.1, 0.15) is 46.0 Å². The van der Waals surface area contributed by atoms with Crippen molar-refractivity contribution >= 4 is 17.8 Å². The second-order valence-electron chi connectivity index (χ2n) is 7.21. The third kappa shape index (κ3) is 4.06. The van der Waals surface area contributed by atoms with Crippen LogP contribution >= 0.6 is 0 Å². The molecule has 0 spiro atoms. The van der Waals surface area contributed by atoms with E-state index in [9.17, 15) is 14.4 Å². The van der Waals surface area contributed by atoms with Crippen molar-refractivity contribution in [2.24, 2.45) is 0 Å². The van der Waals surface area contributed by atoms with Crippen molar-refractivity contribution < 1.29 is 19.5 Å². The molecule has 1 saturated heterocycles. The zero-order chi connectivity index (χ0) is 20.1. The highest BCUT2D eigenvalue weighted by Gasteiger charge is 2.45. The number of benzene rings is 2. The lowest BCUT2D eigenvalue weighted by molar-refractivity contribution is -0.129. The number of aromatic carboxylic acids is 1. The Morgan fingerprint density at radius 1 is 1.04 bits per heavy atom. The Bertz CT molecular complexity index is 864. The maximum absolute atomic E-state index is 12.9. The molecule has 0 aromatic heterocycles. The number of amides is 2. The average molecular weight is 380 g/mol. The van der Waals surface area contributed by atoms with Crippen LogP contribution in [0, 0.1) is 0 Å². The summed E-state index contributed by atoms with van der Waals surface area (Å²) in [4.78, 5) is 38.3. The lowest BCUT2D eigenvalue weighted by Gasteiger charge is -2.34. The van der Waals surface area contributed by atoms with E-state index in [2.05, 4.69) is 5.32 Å². The van der Waals surface area contributed by atoms with E-state index >= 15 is 0 Å². The summed E-state index contributed by atoms with van der Waals surface area (Å²) in [6.45, 7) is 2.81. The van der Waals surface area contributed by atoms with Crippen molar-refractivity contribution in [3.63, 3.8) is 0 Å². The molecule has 1 aliphatic heterocycles. The van der Waals surface area contributed by atoms with Crippen LogP contribution in [0.5, 0.6) is 0 Å². The van der Waals surface area contributed by atoms with Gasteiger partial charge >= 0.3 is 5.97 Å². The number of likely N-dealkylation sites (tertiary alicyclic amines) is 1. The summed E-state index contributed by atoms with van der Waals surface area (Å²) >= 11 is 0. The van der Waals surface area contributed by atoms with Gasteiger partial charge in [-0.1, -0.05) is 30.3 Å². The van der Waals surface area contributed by atoms with Crippen LogP contribution in [0.15, 0.2) is 54.6 Å². The first-order valence-electron chi connectivity index (χ1n) is 9.39. The molecule has 0 aliphatic carbocycles. The summed E-state index contributed by atoms with van der Waals surface area (Å²) in [5.74, 6) is -1.24. The van der Waals surface area contributed by atoms with E-state index in [0.717, 1.165) is 12.0 Å². The lowest BCUT2D eigenvalue weighted by Crippen LogP contribution is -2.55. The van der Waals surface area contributed by atoms with Crippen LogP contribution in [0.4, 0.5) is 0 Å². The van der Waals surface area contributed by atoms with Gasteiger partial charge < -0.3 is 15.3 Å². The topological polar surface area (TPSA) is 86.7 Å². The molecular formula is C22H24N2O4. The van der Waals surface area contributed by atoms with Crippen LogP contribution < -0.4 is 5.32 Å². The summed E-state index contributed by atoms with van der Waals surface area (Å²) < 4.78 is 0. The highest BCUT2D eigenvalue weighted by Crippen LogP contribution is 2.30. The number of rotatable bonds is 6. The molecule has 6 nitrogen and oxygen atoms in total. The molecule has 146 valence electrons. The molecule has 3 rings (SSSR count). The number of carboxylic acid groups (broad SMARTS) is 1. The van der Waals surface area contributed by atoms with Gasteiger partial charge in [0.15, 0.2) is 0 Å². The molecule has 1 unspecified atom stereocenters. The van der Waals surface area contributed by atoms with Crippen molar-refractivity contribution in [3.8, 4) is 0 Å². The maximum atomic E-state index is 12.9. The van der Waals surface area contributed by atoms with E-state index in [1.54, 1.807) is 41.3 Å². The fraction of sp³-hybridized carbons (Fsp3) is 0.318. The minimum absolute atomic E-state index is 0.125. The van der Waals surface area contributed by atoms with E-state index in [4.69, 9.17) is 5.11 Å². The zero-order valence-corrected chi connectivity index (χ0v) is 15.9. The Balaban J connectivity index is 1.60. The van der Waals surface area contributed by atoms with E-state index < -0.39 is 11.5 Å². The average Bonchev–Trinajstić information content (AvgIpc) is 3.11. The smallest absolute Gasteiger partial charge is 0.335 e. The largest absolute Gasteiger partial charge is 0.478 e. The molecule has 2 aromatic carbocycles. The van der Waals surface area contributed by atoms with Crippen molar-refractivity contribution in [1.29, 1.82) is 0 Å². The predicted molar refractivity (Wildman–Crippen MR) is 105 cm³/mol. The first kappa shape index (κ1) is 19.6. The quantitative estimate of drug-likeness (QED) is 0.807. The number of carbonyl (C=O) groups excluding carboxylic acids is 2. The van der Waals surface area contributed by atoms with Crippen LogP contribution in [-0.4, -0.2) is 46.4 Å². The molecule has 0 saturated carbocycles.